The Labute approximate surface area is 150 Å². The maximum atomic E-state index is 12.5. The third-order valence-corrected chi connectivity index (χ3v) is 4.86. The Bertz CT molecular complexity index is 1140. The first-order valence-corrected chi connectivity index (χ1v) is 8.62. The minimum absolute atomic E-state index is 0.102. The predicted molar refractivity (Wildman–Crippen MR) is 101 cm³/mol. The lowest BCUT2D eigenvalue weighted by Gasteiger charge is -2.07. The molecule has 4 nitrogen and oxygen atoms in total. The van der Waals surface area contributed by atoms with E-state index in [0.717, 1.165) is 17.5 Å². The van der Waals surface area contributed by atoms with Crippen LogP contribution in [-0.2, 0) is 17.6 Å². The fourth-order valence-corrected chi connectivity index (χ4v) is 3.62. The molecule has 0 unspecified atom stereocenters. The molecular formula is C22H16N2O2. The Morgan fingerprint density at radius 1 is 0.962 bits per heavy atom. The smallest absolute Gasteiger partial charge is 0.230 e. The summed E-state index contributed by atoms with van der Waals surface area (Å²) in [6, 6.07) is 22.1. The highest BCUT2D eigenvalue weighted by molar-refractivity contribution is 5.95. The molecule has 5 rings (SSSR count). The molecule has 0 atom stereocenters. The van der Waals surface area contributed by atoms with Crippen LogP contribution in [-0.4, -0.2) is 11.1 Å². The summed E-state index contributed by atoms with van der Waals surface area (Å²) in [5.74, 6) is -0.102. The van der Waals surface area contributed by atoms with Crippen molar-refractivity contribution in [2.75, 3.05) is 5.32 Å². The van der Waals surface area contributed by atoms with Crippen LogP contribution in [0.25, 0.3) is 22.1 Å². The summed E-state index contributed by atoms with van der Waals surface area (Å²) in [6.07, 6.45) is 1.13. The normalized spacial score (nSPS) is 12.0. The van der Waals surface area contributed by atoms with E-state index in [0.29, 0.717) is 11.3 Å². The summed E-state index contributed by atoms with van der Waals surface area (Å²) in [5.41, 5.74) is 7.24. The SMILES string of the molecule is O=C(Cc1noc2ccccc12)Nc1ccc2c(c1)-c1ccccc1C2. The van der Waals surface area contributed by atoms with Crippen LogP contribution in [0.15, 0.2) is 71.3 Å². The van der Waals surface area contributed by atoms with Gasteiger partial charge in [0.2, 0.25) is 5.91 Å². The Balaban J connectivity index is 1.38. The zero-order valence-corrected chi connectivity index (χ0v) is 14.0. The maximum Gasteiger partial charge on any atom is 0.230 e. The number of anilines is 1. The average molecular weight is 340 g/mol. The summed E-state index contributed by atoms with van der Waals surface area (Å²) in [6.45, 7) is 0. The molecule has 4 aromatic rings. The molecule has 1 amide bonds. The lowest BCUT2D eigenvalue weighted by Crippen LogP contribution is -2.14. The van der Waals surface area contributed by atoms with Crippen molar-refractivity contribution in [2.24, 2.45) is 0 Å². The quantitative estimate of drug-likeness (QED) is 0.523. The highest BCUT2D eigenvalue weighted by Crippen LogP contribution is 2.37. The van der Waals surface area contributed by atoms with E-state index in [1.54, 1.807) is 0 Å². The number of fused-ring (bicyclic) bond motifs is 4. The molecule has 1 N–H and O–H groups in total. The van der Waals surface area contributed by atoms with Crippen LogP contribution in [0.3, 0.4) is 0 Å². The second kappa shape index (κ2) is 5.85. The van der Waals surface area contributed by atoms with Crippen LogP contribution in [0, 0.1) is 0 Å². The first kappa shape index (κ1) is 14.9. The van der Waals surface area contributed by atoms with Gasteiger partial charge in [0, 0.05) is 11.1 Å². The largest absolute Gasteiger partial charge is 0.356 e. The lowest BCUT2D eigenvalue weighted by molar-refractivity contribution is -0.115. The van der Waals surface area contributed by atoms with Gasteiger partial charge in [0.05, 0.1) is 6.42 Å². The number of aromatic nitrogens is 1. The van der Waals surface area contributed by atoms with Crippen molar-refractivity contribution in [1.82, 2.24) is 5.16 Å². The van der Waals surface area contributed by atoms with Gasteiger partial charge >= 0.3 is 0 Å². The summed E-state index contributed by atoms with van der Waals surface area (Å²) in [4.78, 5) is 12.5. The van der Waals surface area contributed by atoms with E-state index in [1.807, 2.05) is 30.3 Å². The molecule has 0 saturated carbocycles. The molecule has 0 saturated heterocycles. The standard InChI is InChI=1S/C22H16N2O2/c25-22(13-20-18-7-3-4-8-21(18)26-24-20)23-16-10-9-15-11-14-5-1-2-6-17(14)19(15)12-16/h1-10,12H,11,13H2,(H,23,25). The first-order chi connectivity index (χ1) is 12.8. The zero-order valence-electron chi connectivity index (χ0n) is 14.0. The van der Waals surface area contributed by atoms with Crippen LogP contribution in [0.1, 0.15) is 16.8 Å². The lowest BCUT2D eigenvalue weighted by atomic mass is 10.1. The molecular weight excluding hydrogens is 324 g/mol. The Morgan fingerprint density at radius 3 is 2.73 bits per heavy atom. The van der Waals surface area contributed by atoms with Crippen LogP contribution in [0.4, 0.5) is 5.69 Å². The fourth-order valence-electron chi connectivity index (χ4n) is 3.62. The molecule has 1 heterocycles. The molecule has 0 aliphatic heterocycles. The van der Waals surface area contributed by atoms with Crippen molar-refractivity contribution in [1.29, 1.82) is 0 Å². The number of carbonyl (C=O) groups is 1. The number of amides is 1. The zero-order chi connectivity index (χ0) is 17.5. The molecule has 126 valence electrons. The van der Waals surface area contributed by atoms with Crippen molar-refractivity contribution in [3.05, 3.63) is 83.6 Å². The topological polar surface area (TPSA) is 55.1 Å². The number of carbonyl (C=O) groups excluding carboxylic acids is 1. The van der Waals surface area contributed by atoms with Crippen LogP contribution >= 0.6 is 0 Å². The highest BCUT2D eigenvalue weighted by Gasteiger charge is 2.19. The van der Waals surface area contributed by atoms with E-state index in [9.17, 15) is 4.79 Å². The van der Waals surface area contributed by atoms with Crippen molar-refractivity contribution in [3.8, 4) is 11.1 Å². The van der Waals surface area contributed by atoms with Gasteiger partial charge < -0.3 is 9.84 Å². The van der Waals surface area contributed by atoms with Gasteiger partial charge in [0.1, 0.15) is 5.69 Å². The van der Waals surface area contributed by atoms with Crippen molar-refractivity contribution < 1.29 is 9.32 Å². The van der Waals surface area contributed by atoms with Crippen LogP contribution in [0.2, 0.25) is 0 Å². The third-order valence-electron chi connectivity index (χ3n) is 4.86. The van der Waals surface area contributed by atoms with E-state index < -0.39 is 0 Å². The number of hydrogen-bond donors (Lipinski definition) is 1. The molecule has 0 radical (unpaired) electrons. The first-order valence-electron chi connectivity index (χ1n) is 8.62. The molecule has 0 spiro atoms. The van der Waals surface area contributed by atoms with Crippen molar-refractivity contribution in [2.45, 2.75) is 12.8 Å². The monoisotopic (exact) mass is 340 g/mol. The third kappa shape index (κ3) is 2.47. The summed E-state index contributed by atoms with van der Waals surface area (Å²) < 4.78 is 5.27. The average Bonchev–Trinajstić information content (AvgIpc) is 3.23. The van der Waals surface area contributed by atoms with Gasteiger partial charge in [-0.15, -0.1) is 0 Å². The molecule has 1 aliphatic carbocycles. The van der Waals surface area contributed by atoms with E-state index in [1.165, 1.54) is 22.3 Å². The maximum absolute atomic E-state index is 12.5. The van der Waals surface area contributed by atoms with Crippen LogP contribution < -0.4 is 5.32 Å². The predicted octanol–water partition coefficient (Wildman–Crippen LogP) is 4.58. The minimum Gasteiger partial charge on any atom is -0.356 e. The van der Waals surface area contributed by atoms with Crippen LogP contribution in [0.5, 0.6) is 0 Å². The highest BCUT2D eigenvalue weighted by atomic mass is 16.5. The molecule has 1 aromatic heterocycles. The Hall–Kier alpha value is -3.40. The summed E-state index contributed by atoms with van der Waals surface area (Å²) >= 11 is 0. The van der Waals surface area contributed by atoms with Gasteiger partial charge in [-0.3, -0.25) is 4.79 Å². The van der Waals surface area contributed by atoms with E-state index in [4.69, 9.17) is 4.52 Å². The Kier molecular flexibility index (Phi) is 3.35. The van der Waals surface area contributed by atoms with Gasteiger partial charge in [0.15, 0.2) is 5.58 Å². The number of rotatable bonds is 3. The van der Waals surface area contributed by atoms with E-state index in [2.05, 4.69) is 46.9 Å². The van der Waals surface area contributed by atoms with Gasteiger partial charge in [-0.25, -0.2) is 0 Å². The number of benzene rings is 3. The number of nitrogens with zero attached hydrogens (tertiary/aromatic N) is 1. The van der Waals surface area contributed by atoms with Gasteiger partial charge in [-0.1, -0.05) is 47.6 Å². The molecule has 4 heteroatoms. The van der Waals surface area contributed by atoms with Crippen molar-refractivity contribution >= 4 is 22.6 Å². The Morgan fingerprint density at radius 2 is 1.77 bits per heavy atom. The summed E-state index contributed by atoms with van der Waals surface area (Å²) in [5, 5.41) is 7.89. The number of nitrogens with one attached hydrogen (secondary N) is 1. The second-order valence-electron chi connectivity index (χ2n) is 6.56. The molecule has 3 aromatic carbocycles. The number of para-hydroxylation sites is 1. The minimum atomic E-state index is -0.102. The molecule has 1 aliphatic rings. The van der Waals surface area contributed by atoms with E-state index >= 15 is 0 Å². The molecule has 26 heavy (non-hydrogen) atoms. The number of hydrogen-bond acceptors (Lipinski definition) is 3. The second-order valence-corrected chi connectivity index (χ2v) is 6.56. The van der Waals surface area contributed by atoms with Gasteiger partial charge in [0.25, 0.3) is 0 Å². The van der Waals surface area contributed by atoms with Crippen molar-refractivity contribution in [3.63, 3.8) is 0 Å². The summed E-state index contributed by atoms with van der Waals surface area (Å²) in [7, 11) is 0. The van der Waals surface area contributed by atoms with E-state index in [-0.39, 0.29) is 12.3 Å². The van der Waals surface area contributed by atoms with Gasteiger partial charge in [-0.2, -0.15) is 0 Å². The molecule has 0 fully saturated rings. The van der Waals surface area contributed by atoms with Gasteiger partial charge in [-0.05, 0) is 52.9 Å². The molecule has 0 bridgehead atoms. The fraction of sp³-hybridized carbons (Fsp3) is 0.0909.